The molecule has 0 saturated carbocycles. The molecule has 0 bridgehead atoms. The first kappa shape index (κ1) is 12.3. The number of thiazole rings is 1. The summed E-state index contributed by atoms with van der Waals surface area (Å²) < 4.78 is 15.7. The number of rotatable bonds is 4. The maximum absolute atomic E-state index is 13.8. The summed E-state index contributed by atoms with van der Waals surface area (Å²) in [6.07, 6.45) is 4.44. The molecule has 0 spiro atoms. The van der Waals surface area contributed by atoms with Gasteiger partial charge in [-0.15, -0.1) is 11.3 Å². The van der Waals surface area contributed by atoms with Crippen LogP contribution in [0.15, 0.2) is 42.0 Å². The molecule has 3 aromatic rings. The smallest absolute Gasteiger partial charge is 0.193 e. The number of nitrogens with two attached hydrogens (primary N) is 1. The average molecular weight is 276 g/mol. The molecule has 0 aliphatic rings. The fraction of sp³-hybridized carbons (Fsp3) is 0.154. The van der Waals surface area contributed by atoms with Gasteiger partial charge in [-0.1, -0.05) is 18.2 Å². The highest BCUT2D eigenvalue weighted by molar-refractivity contribution is 7.15. The van der Waals surface area contributed by atoms with Crippen molar-refractivity contribution in [3.63, 3.8) is 0 Å². The zero-order chi connectivity index (χ0) is 13.2. The number of fused-ring (bicyclic) bond motifs is 1. The summed E-state index contributed by atoms with van der Waals surface area (Å²) in [4.78, 5) is 5.41. The zero-order valence-electron chi connectivity index (χ0n) is 10.1. The summed E-state index contributed by atoms with van der Waals surface area (Å²) in [6.45, 7) is 0. The van der Waals surface area contributed by atoms with Gasteiger partial charge in [0.1, 0.15) is 5.82 Å². The number of halogens is 1. The van der Waals surface area contributed by atoms with E-state index in [1.54, 1.807) is 29.5 Å². The fourth-order valence-corrected chi connectivity index (χ4v) is 2.82. The molecule has 0 radical (unpaired) electrons. The normalized spacial score (nSPS) is 12.9. The Morgan fingerprint density at radius 1 is 1.42 bits per heavy atom. The number of nitrogens with zero attached hydrogens (tertiary/aromatic N) is 2. The number of hydrazine groups is 1. The number of imidazole rings is 1. The van der Waals surface area contributed by atoms with Gasteiger partial charge in [-0.2, -0.15) is 0 Å². The Morgan fingerprint density at radius 3 is 3.00 bits per heavy atom. The van der Waals surface area contributed by atoms with Gasteiger partial charge in [-0.05, 0) is 6.07 Å². The van der Waals surface area contributed by atoms with E-state index in [9.17, 15) is 4.39 Å². The SMILES string of the molecule is NNC(Cc1cn2ccsc2n1)c1ccccc1F. The number of nitrogens with one attached hydrogen (secondary N) is 1. The van der Waals surface area contributed by atoms with E-state index in [1.807, 2.05) is 22.2 Å². The largest absolute Gasteiger partial charge is 0.297 e. The standard InChI is InChI=1S/C13H13FN4S/c14-11-4-2-1-3-10(11)12(17-15)7-9-8-18-5-6-19-13(18)16-9/h1-6,8,12,17H,7,15H2. The zero-order valence-corrected chi connectivity index (χ0v) is 10.9. The molecular weight excluding hydrogens is 263 g/mol. The first-order valence-electron chi connectivity index (χ1n) is 5.89. The minimum atomic E-state index is -0.286. The van der Waals surface area contributed by atoms with Crippen LogP contribution in [0, 0.1) is 5.82 Å². The van der Waals surface area contributed by atoms with E-state index in [2.05, 4.69) is 10.4 Å². The highest BCUT2D eigenvalue weighted by Crippen LogP contribution is 2.21. The Hall–Kier alpha value is -1.76. The molecule has 3 N–H and O–H groups in total. The Morgan fingerprint density at radius 2 is 2.26 bits per heavy atom. The van der Waals surface area contributed by atoms with E-state index in [1.165, 1.54) is 6.07 Å². The van der Waals surface area contributed by atoms with E-state index in [0.717, 1.165) is 10.7 Å². The summed E-state index contributed by atoms with van der Waals surface area (Å²) >= 11 is 1.57. The van der Waals surface area contributed by atoms with Crippen LogP contribution in [-0.2, 0) is 6.42 Å². The van der Waals surface area contributed by atoms with Crippen molar-refractivity contribution in [2.75, 3.05) is 0 Å². The van der Waals surface area contributed by atoms with Gasteiger partial charge in [0.05, 0.1) is 11.7 Å². The van der Waals surface area contributed by atoms with Crippen molar-refractivity contribution in [2.45, 2.75) is 12.5 Å². The first-order valence-corrected chi connectivity index (χ1v) is 6.77. The highest BCUT2D eigenvalue weighted by Gasteiger charge is 2.16. The number of hydrogen-bond donors (Lipinski definition) is 2. The molecule has 1 aromatic carbocycles. The molecule has 0 aliphatic heterocycles. The number of hydrogen-bond acceptors (Lipinski definition) is 4. The van der Waals surface area contributed by atoms with Crippen LogP contribution in [0.5, 0.6) is 0 Å². The number of benzene rings is 1. The summed E-state index contributed by atoms with van der Waals surface area (Å²) in [5.41, 5.74) is 4.10. The molecule has 0 fully saturated rings. The van der Waals surface area contributed by atoms with Crippen LogP contribution in [-0.4, -0.2) is 9.38 Å². The lowest BCUT2D eigenvalue weighted by molar-refractivity contribution is 0.507. The molecule has 6 heteroatoms. The van der Waals surface area contributed by atoms with Crippen LogP contribution < -0.4 is 11.3 Å². The summed E-state index contributed by atoms with van der Waals surface area (Å²) in [5, 5.41) is 1.97. The molecule has 2 aromatic heterocycles. The average Bonchev–Trinajstić information content (AvgIpc) is 2.97. The van der Waals surface area contributed by atoms with Crippen molar-refractivity contribution >= 4 is 16.3 Å². The van der Waals surface area contributed by atoms with Gasteiger partial charge in [0.15, 0.2) is 4.96 Å². The molecule has 98 valence electrons. The third-order valence-electron chi connectivity index (χ3n) is 3.04. The van der Waals surface area contributed by atoms with Crippen molar-refractivity contribution in [1.82, 2.24) is 14.8 Å². The van der Waals surface area contributed by atoms with Gasteiger partial charge >= 0.3 is 0 Å². The van der Waals surface area contributed by atoms with Gasteiger partial charge in [0.25, 0.3) is 0 Å². The molecule has 2 heterocycles. The second kappa shape index (κ2) is 5.08. The predicted molar refractivity (Wildman–Crippen MR) is 73.2 cm³/mol. The van der Waals surface area contributed by atoms with Gasteiger partial charge in [-0.25, -0.2) is 9.37 Å². The van der Waals surface area contributed by atoms with Gasteiger partial charge in [-0.3, -0.25) is 15.7 Å². The first-order chi connectivity index (χ1) is 9.28. The molecule has 19 heavy (non-hydrogen) atoms. The maximum Gasteiger partial charge on any atom is 0.193 e. The minimum absolute atomic E-state index is 0.258. The Labute approximate surface area is 113 Å². The minimum Gasteiger partial charge on any atom is -0.297 e. The Balaban J connectivity index is 1.87. The van der Waals surface area contributed by atoms with Crippen LogP contribution in [0.3, 0.4) is 0 Å². The van der Waals surface area contributed by atoms with Crippen LogP contribution in [0.25, 0.3) is 4.96 Å². The second-order valence-corrected chi connectivity index (χ2v) is 5.14. The quantitative estimate of drug-likeness (QED) is 0.568. The van der Waals surface area contributed by atoms with E-state index in [0.29, 0.717) is 12.0 Å². The predicted octanol–water partition coefficient (Wildman–Crippen LogP) is 2.28. The van der Waals surface area contributed by atoms with Crippen LogP contribution in [0.2, 0.25) is 0 Å². The van der Waals surface area contributed by atoms with Gasteiger partial charge < -0.3 is 0 Å². The lowest BCUT2D eigenvalue weighted by Gasteiger charge is -2.15. The van der Waals surface area contributed by atoms with Crippen LogP contribution in [0.4, 0.5) is 4.39 Å². The summed E-state index contributed by atoms with van der Waals surface area (Å²) in [7, 11) is 0. The van der Waals surface area contributed by atoms with E-state index in [4.69, 9.17) is 5.84 Å². The lowest BCUT2D eigenvalue weighted by Crippen LogP contribution is -2.30. The third-order valence-corrected chi connectivity index (χ3v) is 3.81. The van der Waals surface area contributed by atoms with E-state index < -0.39 is 0 Å². The van der Waals surface area contributed by atoms with Gasteiger partial charge in [0, 0.05) is 29.8 Å². The van der Waals surface area contributed by atoms with E-state index in [-0.39, 0.29) is 11.9 Å². The maximum atomic E-state index is 13.8. The van der Waals surface area contributed by atoms with Crippen LogP contribution >= 0.6 is 11.3 Å². The molecule has 0 amide bonds. The van der Waals surface area contributed by atoms with Gasteiger partial charge in [0.2, 0.25) is 0 Å². The Bertz CT molecular complexity index is 662. The van der Waals surface area contributed by atoms with Crippen molar-refractivity contribution in [1.29, 1.82) is 0 Å². The van der Waals surface area contributed by atoms with E-state index >= 15 is 0 Å². The lowest BCUT2D eigenvalue weighted by atomic mass is 10.0. The van der Waals surface area contributed by atoms with Crippen LogP contribution in [0.1, 0.15) is 17.3 Å². The molecule has 0 aliphatic carbocycles. The second-order valence-electron chi connectivity index (χ2n) is 4.27. The molecule has 0 saturated heterocycles. The molecule has 3 rings (SSSR count). The number of aromatic nitrogens is 2. The molecule has 1 unspecified atom stereocenters. The summed E-state index contributed by atoms with van der Waals surface area (Å²) in [6, 6.07) is 6.35. The highest BCUT2D eigenvalue weighted by atomic mass is 32.1. The topological polar surface area (TPSA) is 55.3 Å². The molecule has 4 nitrogen and oxygen atoms in total. The van der Waals surface area contributed by atoms with Crippen molar-refractivity contribution in [3.8, 4) is 0 Å². The van der Waals surface area contributed by atoms with Crippen molar-refractivity contribution in [3.05, 3.63) is 59.1 Å². The third kappa shape index (κ3) is 2.37. The van der Waals surface area contributed by atoms with Crippen molar-refractivity contribution in [2.24, 2.45) is 5.84 Å². The Kier molecular flexibility index (Phi) is 3.29. The molecular formula is C13H13FN4S. The van der Waals surface area contributed by atoms with Crippen molar-refractivity contribution < 1.29 is 4.39 Å². The fourth-order valence-electron chi connectivity index (χ4n) is 2.10. The monoisotopic (exact) mass is 276 g/mol. The molecule has 1 atom stereocenters. The summed E-state index contributed by atoms with van der Waals surface area (Å²) in [5.74, 6) is 5.28.